The molecule has 0 aromatic heterocycles. The van der Waals surface area contributed by atoms with E-state index in [-0.39, 0.29) is 16.3 Å². The summed E-state index contributed by atoms with van der Waals surface area (Å²) in [6, 6.07) is 4.02. The Morgan fingerprint density at radius 1 is 1.37 bits per heavy atom. The van der Waals surface area contributed by atoms with Crippen molar-refractivity contribution in [3.63, 3.8) is 0 Å². The number of benzene rings is 1. The van der Waals surface area contributed by atoms with Gasteiger partial charge in [-0.3, -0.25) is 14.9 Å². The molecule has 0 heterocycles. The summed E-state index contributed by atoms with van der Waals surface area (Å²) >= 11 is 9.01. The lowest BCUT2D eigenvalue weighted by molar-refractivity contribution is -0.385. The van der Waals surface area contributed by atoms with Gasteiger partial charge in [-0.15, -0.1) is 0 Å². The van der Waals surface area contributed by atoms with Gasteiger partial charge in [0.25, 0.3) is 11.6 Å². The summed E-state index contributed by atoms with van der Waals surface area (Å²) in [5.41, 5.74) is -0.236. The highest BCUT2D eigenvalue weighted by Gasteiger charge is 2.19. The molecule has 0 fully saturated rings. The first-order chi connectivity index (χ1) is 9.06. The van der Waals surface area contributed by atoms with Gasteiger partial charge in [-0.1, -0.05) is 34.0 Å². The van der Waals surface area contributed by atoms with Gasteiger partial charge in [-0.05, 0) is 25.0 Å². The van der Waals surface area contributed by atoms with Gasteiger partial charge in [0, 0.05) is 23.0 Å². The first-order valence-corrected chi connectivity index (χ1v) is 7.34. The zero-order chi connectivity index (χ0) is 14.3. The molecule has 0 aliphatic carbocycles. The van der Waals surface area contributed by atoms with Crippen molar-refractivity contribution in [1.29, 1.82) is 0 Å². The van der Waals surface area contributed by atoms with E-state index in [0.29, 0.717) is 6.54 Å². The summed E-state index contributed by atoms with van der Waals surface area (Å²) < 4.78 is 0. The van der Waals surface area contributed by atoms with Crippen molar-refractivity contribution in [2.45, 2.75) is 19.3 Å². The molecule has 0 bridgehead atoms. The van der Waals surface area contributed by atoms with Crippen LogP contribution in [0.2, 0.25) is 5.02 Å². The van der Waals surface area contributed by atoms with E-state index in [1.807, 2.05) is 0 Å². The minimum Gasteiger partial charge on any atom is -0.352 e. The van der Waals surface area contributed by atoms with Crippen LogP contribution in [0.4, 0.5) is 5.69 Å². The molecule has 7 heteroatoms. The van der Waals surface area contributed by atoms with Gasteiger partial charge in [0.1, 0.15) is 5.56 Å². The number of carbonyl (C=O) groups is 1. The Kier molecular flexibility index (Phi) is 6.80. The number of carbonyl (C=O) groups excluding carboxylic acids is 1. The standard InChI is InChI=1S/C12H14BrClN2O3/c13-6-2-1-3-7-15-12(17)10-5-4-9(14)8-11(10)16(18)19/h4-5,8H,1-3,6-7H2,(H,15,17). The number of nitro benzene ring substituents is 1. The first-order valence-electron chi connectivity index (χ1n) is 5.84. The lowest BCUT2D eigenvalue weighted by Gasteiger charge is -2.05. The van der Waals surface area contributed by atoms with Gasteiger partial charge >= 0.3 is 0 Å². The minimum absolute atomic E-state index is 0.0369. The second-order valence-corrected chi connectivity index (χ2v) is 5.15. The van der Waals surface area contributed by atoms with Gasteiger partial charge in [0.05, 0.1) is 4.92 Å². The maximum absolute atomic E-state index is 11.8. The second-order valence-electron chi connectivity index (χ2n) is 3.92. The summed E-state index contributed by atoms with van der Waals surface area (Å²) in [7, 11) is 0. The molecule has 5 nitrogen and oxygen atoms in total. The van der Waals surface area contributed by atoms with Gasteiger partial charge < -0.3 is 5.32 Å². The Hall–Kier alpha value is -1.14. The second kappa shape index (κ2) is 8.12. The topological polar surface area (TPSA) is 72.2 Å². The molecule has 19 heavy (non-hydrogen) atoms. The molecule has 1 rings (SSSR count). The molecule has 1 aromatic rings. The fourth-order valence-electron chi connectivity index (χ4n) is 1.54. The highest BCUT2D eigenvalue weighted by Crippen LogP contribution is 2.23. The quantitative estimate of drug-likeness (QED) is 0.354. The molecule has 0 saturated heterocycles. The number of nitro groups is 1. The first kappa shape index (κ1) is 15.9. The number of rotatable bonds is 7. The third kappa shape index (κ3) is 5.16. The smallest absolute Gasteiger partial charge is 0.283 e. The van der Waals surface area contributed by atoms with E-state index in [1.54, 1.807) is 0 Å². The third-order valence-corrected chi connectivity index (χ3v) is 3.29. The van der Waals surface area contributed by atoms with Gasteiger partial charge in [-0.25, -0.2) is 0 Å². The summed E-state index contributed by atoms with van der Waals surface area (Å²) in [4.78, 5) is 22.1. The van der Waals surface area contributed by atoms with E-state index in [9.17, 15) is 14.9 Å². The van der Waals surface area contributed by atoms with Gasteiger partial charge in [0.15, 0.2) is 0 Å². The maximum atomic E-state index is 11.8. The lowest BCUT2D eigenvalue weighted by atomic mass is 10.1. The minimum atomic E-state index is -0.606. The largest absolute Gasteiger partial charge is 0.352 e. The predicted molar refractivity (Wildman–Crippen MR) is 78.1 cm³/mol. The van der Waals surface area contributed by atoms with Crippen molar-refractivity contribution in [3.8, 4) is 0 Å². The Bertz CT molecular complexity index is 468. The number of alkyl halides is 1. The molecular weight excluding hydrogens is 336 g/mol. The summed E-state index contributed by atoms with van der Waals surface area (Å²) in [6.45, 7) is 0.506. The number of hydrogen-bond acceptors (Lipinski definition) is 3. The monoisotopic (exact) mass is 348 g/mol. The van der Waals surface area contributed by atoms with E-state index < -0.39 is 10.8 Å². The number of unbranched alkanes of at least 4 members (excludes halogenated alkanes) is 2. The molecule has 0 saturated carbocycles. The van der Waals surface area contributed by atoms with Crippen LogP contribution in [0.5, 0.6) is 0 Å². The fourth-order valence-corrected chi connectivity index (χ4v) is 2.10. The van der Waals surface area contributed by atoms with Gasteiger partial charge in [0.2, 0.25) is 0 Å². The van der Waals surface area contributed by atoms with Crippen molar-refractivity contribution in [3.05, 3.63) is 38.9 Å². The Morgan fingerprint density at radius 2 is 2.11 bits per heavy atom. The van der Waals surface area contributed by atoms with E-state index >= 15 is 0 Å². The molecule has 104 valence electrons. The van der Waals surface area contributed by atoms with Gasteiger partial charge in [-0.2, -0.15) is 0 Å². The molecule has 0 aliphatic rings. The Labute approximate surface area is 124 Å². The van der Waals surface area contributed by atoms with Crippen LogP contribution in [-0.4, -0.2) is 22.7 Å². The Balaban J connectivity index is 2.64. The molecule has 0 radical (unpaired) electrons. The van der Waals surface area contributed by atoms with Crippen molar-refractivity contribution < 1.29 is 9.72 Å². The van der Waals surface area contributed by atoms with E-state index in [2.05, 4.69) is 21.2 Å². The van der Waals surface area contributed by atoms with Crippen LogP contribution in [0, 0.1) is 10.1 Å². The molecule has 1 amide bonds. The van der Waals surface area contributed by atoms with E-state index in [4.69, 9.17) is 11.6 Å². The SMILES string of the molecule is O=C(NCCCCCBr)c1ccc(Cl)cc1[N+](=O)[O-]. The van der Waals surface area contributed by atoms with Crippen LogP contribution >= 0.6 is 27.5 Å². The Morgan fingerprint density at radius 3 is 2.74 bits per heavy atom. The zero-order valence-corrected chi connectivity index (χ0v) is 12.5. The van der Waals surface area contributed by atoms with Crippen LogP contribution in [0.1, 0.15) is 29.6 Å². The number of nitrogens with one attached hydrogen (secondary N) is 1. The van der Waals surface area contributed by atoms with Crippen LogP contribution in [0.15, 0.2) is 18.2 Å². The van der Waals surface area contributed by atoms with Crippen LogP contribution in [0.3, 0.4) is 0 Å². The molecular formula is C12H14BrClN2O3. The molecule has 0 unspecified atom stereocenters. The zero-order valence-electron chi connectivity index (χ0n) is 10.2. The normalized spacial score (nSPS) is 10.2. The highest BCUT2D eigenvalue weighted by atomic mass is 79.9. The van der Waals surface area contributed by atoms with E-state index in [1.165, 1.54) is 18.2 Å². The number of amides is 1. The molecule has 1 aromatic carbocycles. The van der Waals surface area contributed by atoms with Crippen molar-refractivity contribution in [2.24, 2.45) is 0 Å². The predicted octanol–water partition coefficient (Wildman–Crippen LogP) is 3.54. The maximum Gasteiger partial charge on any atom is 0.283 e. The summed E-state index contributed by atoms with van der Waals surface area (Å²) in [6.07, 6.45) is 2.88. The molecule has 0 spiro atoms. The number of halogens is 2. The summed E-state index contributed by atoms with van der Waals surface area (Å²) in [5.74, 6) is -0.442. The highest BCUT2D eigenvalue weighted by molar-refractivity contribution is 9.09. The molecule has 1 N–H and O–H groups in total. The fraction of sp³-hybridized carbons (Fsp3) is 0.417. The van der Waals surface area contributed by atoms with E-state index in [0.717, 1.165) is 24.6 Å². The average Bonchev–Trinajstić information content (AvgIpc) is 2.38. The van der Waals surface area contributed by atoms with Crippen molar-refractivity contribution >= 4 is 39.1 Å². The van der Waals surface area contributed by atoms with Crippen LogP contribution in [0.25, 0.3) is 0 Å². The molecule has 0 aliphatic heterocycles. The van der Waals surface area contributed by atoms with Crippen LogP contribution < -0.4 is 5.32 Å². The van der Waals surface area contributed by atoms with Crippen molar-refractivity contribution in [2.75, 3.05) is 11.9 Å². The average molecular weight is 350 g/mol. The number of hydrogen-bond donors (Lipinski definition) is 1. The molecule has 0 atom stereocenters. The summed E-state index contributed by atoms with van der Waals surface area (Å²) in [5, 5.41) is 14.7. The third-order valence-electron chi connectivity index (χ3n) is 2.50. The lowest BCUT2D eigenvalue weighted by Crippen LogP contribution is -2.25. The van der Waals surface area contributed by atoms with Crippen molar-refractivity contribution in [1.82, 2.24) is 5.32 Å². The number of nitrogens with zero attached hydrogens (tertiary/aromatic N) is 1. The van der Waals surface area contributed by atoms with Crippen LogP contribution in [-0.2, 0) is 0 Å².